The minimum atomic E-state index is -0.127. The Labute approximate surface area is 640 Å². The van der Waals surface area contributed by atoms with Crippen molar-refractivity contribution in [3.8, 4) is 158 Å². The Bertz CT molecular complexity index is 6550. The van der Waals surface area contributed by atoms with E-state index in [9.17, 15) is 0 Å². The molecular formula is C102H72N8. The SMILES string of the molecule is CC1(C)c2ccccc2-c2cc3c(-c4ccccc4)cc(-c4cccc(-c5nc(-c6ccccc6)nc(-c6ccc(-c7ccccc7)cc6)n5)c4)nc3cc21.CC1(C)c2ccccc2-c2cc3c(-c4ccccc4)cc(-c4cccc(-c5nc(-c6ccccc6)nc(-c6cccc(-c7ccccc7)c6)n5)c4)nc3cc21. The van der Waals surface area contributed by atoms with Crippen molar-refractivity contribution < 1.29 is 0 Å². The minimum Gasteiger partial charge on any atom is -0.248 e. The van der Waals surface area contributed by atoms with Gasteiger partial charge in [-0.05, 0) is 144 Å². The summed E-state index contributed by atoms with van der Waals surface area (Å²) >= 11 is 0. The van der Waals surface area contributed by atoms with Crippen LogP contribution in [0.25, 0.3) is 179 Å². The summed E-state index contributed by atoms with van der Waals surface area (Å²) in [6, 6.07) is 127. The molecule has 0 spiro atoms. The summed E-state index contributed by atoms with van der Waals surface area (Å²) in [5.74, 6) is 3.73. The third kappa shape index (κ3) is 12.4. The van der Waals surface area contributed by atoms with E-state index < -0.39 is 0 Å². The largest absolute Gasteiger partial charge is 0.248 e. The molecule has 2 aliphatic rings. The van der Waals surface area contributed by atoms with Crippen molar-refractivity contribution in [2.75, 3.05) is 0 Å². The monoisotopic (exact) mass is 1410 g/mol. The van der Waals surface area contributed by atoms with E-state index in [2.05, 4.69) is 319 Å². The van der Waals surface area contributed by atoms with Gasteiger partial charge in [0.1, 0.15) is 0 Å². The van der Waals surface area contributed by atoms with Crippen LogP contribution in [0.3, 0.4) is 0 Å². The van der Waals surface area contributed by atoms with E-state index in [4.69, 9.17) is 39.9 Å². The van der Waals surface area contributed by atoms with Crippen LogP contribution in [-0.4, -0.2) is 39.9 Å². The molecule has 4 heterocycles. The molecule has 8 heteroatoms. The van der Waals surface area contributed by atoms with Crippen LogP contribution >= 0.6 is 0 Å². The molecule has 2 aliphatic carbocycles. The van der Waals surface area contributed by atoms with E-state index in [-0.39, 0.29) is 10.8 Å². The highest BCUT2D eigenvalue weighted by molar-refractivity contribution is 6.03. The lowest BCUT2D eigenvalue weighted by molar-refractivity contribution is 0.661. The van der Waals surface area contributed by atoms with Crippen molar-refractivity contribution in [2.45, 2.75) is 38.5 Å². The van der Waals surface area contributed by atoms with Crippen molar-refractivity contribution in [1.29, 1.82) is 0 Å². The Balaban J connectivity index is 0.000000149. The Kier molecular flexibility index (Phi) is 16.8. The van der Waals surface area contributed by atoms with Crippen molar-refractivity contribution in [3.05, 3.63) is 386 Å². The number of aromatic nitrogens is 8. The molecule has 0 radical (unpaired) electrons. The first-order valence-electron chi connectivity index (χ1n) is 37.4. The molecule has 14 aromatic carbocycles. The number of pyridine rings is 2. The lowest BCUT2D eigenvalue weighted by atomic mass is 9.82. The van der Waals surface area contributed by atoms with Crippen LogP contribution in [0.2, 0.25) is 0 Å². The molecule has 110 heavy (non-hydrogen) atoms. The molecular weight excluding hydrogens is 1340 g/mol. The average molecular weight is 1410 g/mol. The topological polar surface area (TPSA) is 103 Å². The molecule has 0 N–H and O–H groups in total. The van der Waals surface area contributed by atoms with Crippen molar-refractivity contribution >= 4 is 21.8 Å². The maximum absolute atomic E-state index is 5.39. The van der Waals surface area contributed by atoms with E-state index in [1.54, 1.807) is 0 Å². The molecule has 4 aromatic heterocycles. The standard InChI is InChI=1S/2C51H36N4/c1-51(2)44-27-13-12-26-40(44)42-30-43-41(34-18-8-4-9-19-34)31-46(52-47(43)32-45(42)51)37-23-15-25-39(29-37)50-54-48(35-20-10-5-11-21-35)53-49(55-50)38-24-14-22-36(28-38)33-16-6-3-7-17-33;1-51(2)44-24-13-12-23-40(44)42-30-43-41(35-17-8-4-9-18-35)31-46(52-47(43)32-45(42)51)38-21-14-22-39(29-38)50-54-48(36-19-10-5-11-20-36)53-49(55-50)37-27-25-34(26-28-37)33-15-6-3-7-16-33/h2*3-32H,1-2H3. The molecule has 0 unspecified atom stereocenters. The summed E-state index contributed by atoms with van der Waals surface area (Å²) in [6.45, 7) is 9.28. The van der Waals surface area contributed by atoms with Crippen molar-refractivity contribution in [3.63, 3.8) is 0 Å². The normalized spacial score (nSPS) is 12.7. The highest BCUT2D eigenvalue weighted by Gasteiger charge is 2.38. The highest BCUT2D eigenvalue weighted by atomic mass is 15.0. The molecule has 520 valence electrons. The van der Waals surface area contributed by atoms with Crippen LogP contribution in [0.5, 0.6) is 0 Å². The molecule has 0 fully saturated rings. The Hall–Kier alpha value is -14.1. The second-order valence-electron chi connectivity index (χ2n) is 29.4. The quantitative estimate of drug-likeness (QED) is 0.119. The molecule has 0 saturated carbocycles. The minimum absolute atomic E-state index is 0.126. The van der Waals surface area contributed by atoms with Gasteiger partial charge >= 0.3 is 0 Å². The van der Waals surface area contributed by atoms with Crippen molar-refractivity contribution in [2.24, 2.45) is 0 Å². The zero-order valence-electron chi connectivity index (χ0n) is 61.2. The average Bonchev–Trinajstić information content (AvgIpc) is 1.56. The Morgan fingerprint density at radius 1 is 0.164 bits per heavy atom. The van der Waals surface area contributed by atoms with Crippen LogP contribution < -0.4 is 0 Å². The van der Waals surface area contributed by atoms with Crippen LogP contribution in [0, 0.1) is 0 Å². The maximum atomic E-state index is 5.39. The first-order chi connectivity index (χ1) is 54.0. The zero-order valence-corrected chi connectivity index (χ0v) is 61.2. The number of fused-ring (bicyclic) bond motifs is 8. The summed E-state index contributed by atoms with van der Waals surface area (Å²) in [4.78, 5) is 41.1. The molecule has 0 bridgehead atoms. The molecule has 0 saturated heterocycles. The second-order valence-corrected chi connectivity index (χ2v) is 29.4. The van der Waals surface area contributed by atoms with E-state index in [1.165, 1.54) is 50.1 Å². The molecule has 8 nitrogen and oxygen atoms in total. The lowest BCUT2D eigenvalue weighted by Gasteiger charge is -2.22. The summed E-state index contributed by atoms with van der Waals surface area (Å²) in [5.41, 5.74) is 30.7. The third-order valence-electron chi connectivity index (χ3n) is 21.8. The van der Waals surface area contributed by atoms with Crippen molar-refractivity contribution in [1.82, 2.24) is 39.9 Å². The van der Waals surface area contributed by atoms with Gasteiger partial charge in [-0.1, -0.05) is 337 Å². The first kappa shape index (κ1) is 66.6. The fourth-order valence-corrected chi connectivity index (χ4v) is 16.1. The number of rotatable bonds is 12. The van der Waals surface area contributed by atoms with Gasteiger partial charge in [-0.3, -0.25) is 0 Å². The van der Waals surface area contributed by atoms with Gasteiger partial charge in [0.2, 0.25) is 0 Å². The maximum Gasteiger partial charge on any atom is 0.164 e. The summed E-state index contributed by atoms with van der Waals surface area (Å²) in [7, 11) is 0. The summed E-state index contributed by atoms with van der Waals surface area (Å²) in [6.07, 6.45) is 0. The van der Waals surface area contributed by atoms with Gasteiger partial charge in [0.15, 0.2) is 34.9 Å². The molecule has 20 rings (SSSR count). The predicted molar refractivity (Wildman–Crippen MR) is 451 cm³/mol. The van der Waals surface area contributed by atoms with Gasteiger partial charge in [-0.2, -0.15) is 0 Å². The Morgan fingerprint density at radius 3 is 0.809 bits per heavy atom. The van der Waals surface area contributed by atoms with E-state index in [1.807, 2.05) is 72.8 Å². The van der Waals surface area contributed by atoms with Crippen LogP contribution in [0.1, 0.15) is 49.9 Å². The smallest absolute Gasteiger partial charge is 0.164 e. The number of hydrogen-bond donors (Lipinski definition) is 0. The van der Waals surface area contributed by atoms with E-state index in [0.717, 1.165) is 117 Å². The molecule has 0 amide bonds. The lowest BCUT2D eigenvalue weighted by Crippen LogP contribution is -2.14. The van der Waals surface area contributed by atoms with Gasteiger partial charge < -0.3 is 0 Å². The number of benzene rings is 14. The van der Waals surface area contributed by atoms with Crippen LogP contribution in [0.15, 0.2) is 364 Å². The number of nitrogens with zero attached hydrogens (tertiary/aromatic N) is 8. The van der Waals surface area contributed by atoms with Gasteiger partial charge in [0.25, 0.3) is 0 Å². The van der Waals surface area contributed by atoms with Crippen LogP contribution in [-0.2, 0) is 10.8 Å². The first-order valence-corrected chi connectivity index (χ1v) is 37.4. The number of hydrogen-bond acceptors (Lipinski definition) is 8. The van der Waals surface area contributed by atoms with Gasteiger partial charge in [-0.25, -0.2) is 39.9 Å². The molecule has 0 aliphatic heterocycles. The molecule has 0 atom stereocenters. The fourth-order valence-electron chi connectivity index (χ4n) is 16.1. The van der Waals surface area contributed by atoms with Gasteiger partial charge in [0, 0.05) is 66.1 Å². The second kappa shape index (κ2) is 27.7. The zero-order chi connectivity index (χ0) is 73.9. The Morgan fingerprint density at radius 2 is 0.427 bits per heavy atom. The van der Waals surface area contributed by atoms with Gasteiger partial charge in [0.05, 0.1) is 22.4 Å². The van der Waals surface area contributed by atoms with E-state index >= 15 is 0 Å². The van der Waals surface area contributed by atoms with Crippen LogP contribution in [0.4, 0.5) is 0 Å². The summed E-state index contributed by atoms with van der Waals surface area (Å²) < 4.78 is 0. The molecule has 18 aromatic rings. The van der Waals surface area contributed by atoms with Gasteiger partial charge in [-0.15, -0.1) is 0 Å². The predicted octanol–water partition coefficient (Wildman–Crippen LogP) is 25.5. The fraction of sp³-hybridized carbons (Fsp3) is 0.0588. The van der Waals surface area contributed by atoms with E-state index in [0.29, 0.717) is 34.9 Å². The summed E-state index contributed by atoms with van der Waals surface area (Å²) in [5, 5.41) is 2.29. The third-order valence-corrected chi connectivity index (χ3v) is 21.8. The highest BCUT2D eigenvalue weighted by Crippen LogP contribution is 2.53.